The molecule has 0 radical (unpaired) electrons. The summed E-state index contributed by atoms with van der Waals surface area (Å²) in [7, 11) is -2.48. The number of hydrogen-bond acceptors (Lipinski definition) is 7. The average Bonchev–Trinajstić information content (AvgIpc) is 3.03. The van der Waals surface area contributed by atoms with Crippen molar-refractivity contribution in [1.82, 2.24) is 14.3 Å². The molecule has 1 N–H and O–H groups in total. The fourth-order valence-electron chi connectivity index (χ4n) is 1.98. The van der Waals surface area contributed by atoms with Gasteiger partial charge in [0.25, 0.3) is 15.9 Å². The number of sulfonamides is 1. The van der Waals surface area contributed by atoms with E-state index in [2.05, 4.69) is 4.98 Å². The third-order valence-corrected chi connectivity index (χ3v) is 5.48. The molecule has 23 heavy (non-hydrogen) atoms. The van der Waals surface area contributed by atoms with Crippen molar-refractivity contribution in [3.8, 4) is 0 Å². The van der Waals surface area contributed by atoms with Crippen LogP contribution < -0.4 is 9.60 Å². The predicted molar refractivity (Wildman–Crippen MR) is 83.0 cm³/mol. The summed E-state index contributed by atoms with van der Waals surface area (Å²) < 4.78 is 33.3. The number of carbonyl (C=O) groups is 1. The molecule has 8 nitrogen and oxygen atoms in total. The Hall–Kier alpha value is -2.46. The summed E-state index contributed by atoms with van der Waals surface area (Å²) in [4.78, 5) is 27.0. The maximum absolute atomic E-state index is 12.3. The standard InChI is InChI=1S/C13H11N3O5S2/c1-7-14-9(6-21-7)12(17)15-23(19,20)8-3-4-10-11(5-8)22-13(18)16(10)2/h3-6H,1-2H3,(H,15,17). The minimum Gasteiger partial charge on any atom is -0.448 e. The van der Waals surface area contributed by atoms with Crippen LogP contribution >= 0.6 is 11.3 Å². The predicted octanol–water partition coefficient (Wildman–Crippen LogP) is 1.02. The number of aryl methyl sites for hydroxylation is 2. The zero-order valence-corrected chi connectivity index (χ0v) is 13.7. The molecule has 0 saturated heterocycles. The molecule has 0 saturated carbocycles. The second-order valence-corrected chi connectivity index (χ2v) is 7.42. The van der Waals surface area contributed by atoms with Crippen LogP contribution in [0.5, 0.6) is 0 Å². The number of thiazole rings is 1. The van der Waals surface area contributed by atoms with Gasteiger partial charge in [-0.3, -0.25) is 9.59 Å². The Morgan fingerprint density at radius 1 is 1.39 bits per heavy atom. The van der Waals surface area contributed by atoms with Gasteiger partial charge in [0, 0.05) is 14.0 Å². The first-order valence-corrected chi connectivity index (χ1v) is 8.67. The molecule has 0 unspecified atom stereocenters. The summed E-state index contributed by atoms with van der Waals surface area (Å²) in [5.41, 5.74) is 0.494. The van der Waals surface area contributed by atoms with E-state index < -0.39 is 15.9 Å². The molecule has 0 aliphatic carbocycles. The van der Waals surface area contributed by atoms with Gasteiger partial charge in [0.05, 0.1) is 15.1 Å². The van der Waals surface area contributed by atoms with Crippen molar-refractivity contribution in [2.24, 2.45) is 7.05 Å². The minimum atomic E-state index is -4.08. The number of carbonyl (C=O) groups excluding carboxylic acids is 1. The van der Waals surface area contributed by atoms with Crippen LogP contribution in [0.15, 0.2) is 38.6 Å². The van der Waals surface area contributed by atoms with Gasteiger partial charge in [-0.05, 0) is 18.2 Å². The first-order chi connectivity index (χ1) is 10.8. The first-order valence-electron chi connectivity index (χ1n) is 6.37. The lowest BCUT2D eigenvalue weighted by Crippen LogP contribution is -2.30. The van der Waals surface area contributed by atoms with Gasteiger partial charge in [-0.25, -0.2) is 18.1 Å². The highest BCUT2D eigenvalue weighted by Crippen LogP contribution is 2.21. The summed E-state index contributed by atoms with van der Waals surface area (Å²) in [6.45, 7) is 1.54. The number of fused-ring (bicyclic) bond motifs is 1. The van der Waals surface area contributed by atoms with Crippen molar-refractivity contribution < 1.29 is 17.6 Å². The largest absolute Gasteiger partial charge is 0.448 e. The van der Waals surface area contributed by atoms with Crippen LogP contribution in [0.3, 0.4) is 0 Å². The molecule has 2 aromatic heterocycles. The zero-order valence-electron chi connectivity index (χ0n) is 12.1. The lowest BCUT2D eigenvalue weighted by molar-refractivity contribution is 0.0976. The maximum atomic E-state index is 12.3. The zero-order chi connectivity index (χ0) is 16.8. The lowest BCUT2D eigenvalue weighted by Gasteiger charge is -2.05. The highest BCUT2D eigenvalue weighted by Gasteiger charge is 2.21. The van der Waals surface area contributed by atoms with E-state index in [4.69, 9.17) is 4.42 Å². The number of amides is 1. The quantitative estimate of drug-likeness (QED) is 0.752. The smallest absolute Gasteiger partial charge is 0.307 e. The van der Waals surface area contributed by atoms with Crippen LogP contribution in [0.4, 0.5) is 0 Å². The molecule has 120 valence electrons. The highest BCUT2D eigenvalue weighted by molar-refractivity contribution is 7.90. The number of aromatic nitrogens is 2. The maximum Gasteiger partial charge on any atom is 0.307 e. The summed E-state index contributed by atoms with van der Waals surface area (Å²) >= 11 is 0.931. The summed E-state index contributed by atoms with van der Waals surface area (Å²) in [6.07, 6.45) is 1.08. The molecule has 10 heteroatoms. The number of nitrogens with zero attached hydrogens (tertiary/aromatic N) is 2. The summed E-state index contributed by atoms with van der Waals surface area (Å²) in [5.74, 6) is -0.633. The van der Waals surface area contributed by atoms with Crippen molar-refractivity contribution in [2.45, 2.75) is 11.8 Å². The van der Waals surface area contributed by atoms with Gasteiger partial charge in [-0.2, -0.15) is 0 Å². The second kappa shape index (κ2) is 5.32. The Kier molecular flexibility index (Phi) is 3.57. The Balaban J connectivity index is 1.96. The van der Waals surface area contributed by atoms with E-state index in [1.54, 1.807) is 7.05 Å². The molecule has 0 aliphatic heterocycles. The number of hydrogen-bond donors (Lipinski definition) is 1. The lowest BCUT2D eigenvalue weighted by atomic mass is 10.3. The molecular weight excluding hydrogens is 342 g/mol. The van der Waals surface area contributed by atoms with Crippen LogP contribution in [-0.4, -0.2) is 23.9 Å². The van der Waals surface area contributed by atoms with Crippen molar-refractivity contribution in [1.29, 1.82) is 0 Å². The van der Waals surface area contributed by atoms with Gasteiger partial charge in [0.2, 0.25) is 0 Å². The molecule has 3 aromatic rings. The van der Waals surface area contributed by atoms with E-state index >= 15 is 0 Å². The van der Waals surface area contributed by atoms with Crippen LogP contribution in [-0.2, 0) is 17.1 Å². The van der Waals surface area contributed by atoms with Gasteiger partial charge < -0.3 is 8.98 Å². The molecule has 0 fully saturated rings. The van der Waals surface area contributed by atoms with Gasteiger partial charge in [0.1, 0.15) is 6.26 Å². The molecule has 2 heterocycles. The number of oxazole rings is 1. The van der Waals surface area contributed by atoms with Crippen LogP contribution in [0.2, 0.25) is 0 Å². The van der Waals surface area contributed by atoms with E-state index in [1.165, 1.54) is 29.7 Å². The van der Waals surface area contributed by atoms with E-state index in [0.29, 0.717) is 10.2 Å². The second-order valence-electron chi connectivity index (χ2n) is 4.74. The van der Waals surface area contributed by atoms with E-state index in [1.807, 2.05) is 4.72 Å². The molecular formula is C13H11N3O5S2. The fraction of sp³-hybridized carbons (Fsp3) is 0.154. The van der Waals surface area contributed by atoms with Gasteiger partial charge >= 0.3 is 4.87 Å². The van der Waals surface area contributed by atoms with Crippen molar-refractivity contribution in [3.63, 3.8) is 0 Å². The average molecular weight is 353 g/mol. The fourth-order valence-corrected chi connectivity index (χ4v) is 3.96. The van der Waals surface area contributed by atoms with Crippen molar-refractivity contribution >= 4 is 37.5 Å². The normalized spacial score (nSPS) is 11.7. The minimum absolute atomic E-state index is 0.111. The van der Waals surface area contributed by atoms with E-state index in [-0.39, 0.29) is 21.4 Å². The Morgan fingerprint density at radius 2 is 2.13 bits per heavy atom. The molecule has 0 spiro atoms. The monoisotopic (exact) mass is 353 g/mol. The van der Waals surface area contributed by atoms with E-state index in [9.17, 15) is 18.0 Å². The SMILES string of the molecule is Cc1nc(C(=O)NS(=O)(=O)c2ccc3c(c2)sc(=O)n3C)co1. The molecule has 1 amide bonds. The highest BCUT2D eigenvalue weighted by atomic mass is 32.2. The number of nitrogens with one attached hydrogen (secondary N) is 1. The number of rotatable bonds is 3. The van der Waals surface area contributed by atoms with Crippen LogP contribution in [0.1, 0.15) is 16.4 Å². The van der Waals surface area contributed by atoms with Gasteiger partial charge in [-0.15, -0.1) is 0 Å². The topological polar surface area (TPSA) is 111 Å². The summed E-state index contributed by atoms with van der Waals surface area (Å²) in [5, 5.41) is 0. The molecule has 1 aromatic carbocycles. The summed E-state index contributed by atoms with van der Waals surface area (Å²) in [6, 6.07) is 4.20. The molecule has 0 aliphatic rings. The van der Waals surface area contributed by atoms with Gasteiger partial charge in [-0.1, -0.05) is 11.3 Å². The first kappa shape index (κ1) is 15.4. The Bertz CT molecular complexity index is 1070. The third kappa shape index (κ3) is 2.78. The molecule has 0 bridgehead atoms. The van der Waals surface area contributed by atoms with Gasteiger partial charge in [0.15, 0.2) is 11.6 Å². The molecule has 0 atom stereocenters. The third-order valence-electron chi connectivity index (χ3n) is 3.15. The number of benzene rings is 1. The Labute approximate surface area is 134 Å². The Morgan fingerprint density at radius 3 is 2.78 bits per heavy atom. The van der Waals surface area contributed by atoms with Crippen LogP contribution in [0, 0.1) is 6.92 Å². The molecule has 3 rings (SSSR count). The van der Waals surface area contributed by atoms with E-state index in [0.717, 1.165) is 17.6 Å². The van der Waals surface area contributed by atoms with Crippen LogP contribution in [0.25, 0.3) is 10.2 Å². The van der Waals surface area contributed by atoms with Crippen molar-refractivity contribution in [2.75, 3.05) is 0 Å². The van der Waals surface area contributed by atoms with Crippen molar-refractivity contribution in [3.05, 3.63) is 45.7 Å².